The number of hydrogen-bond donors (Lipinski definition) is 3. The highest BCUT2D eigenvalue weighted by Crippen LogP contribution is 2.15. The molecule has 104 valence electrons. The highest BCUT2D eigenvalue weighted by Gasteiger charge is 2.13. The minimum atomic E-state index is -0.873. The van der Waals surface area contributed by atoms with Crippen LogP contribution < -0.4 is 16.8 Å². The van der Waals surface area contributed by atoms with Crippen molar-refractivity contribution in [2.45, 2.75) is 19.8 Å². The standard InChI is InChI=1S/C13H18FN3O2/c1-2-8(7-15)5-12(18)17-9-3-4-11(14)10(6-9)13(16)19/h3-4,6,8H,2,5,7,15H2,1H3,(H2,16,19)(H,17,18). The lowest BCUT2D eigenvalue weighted by Crippen LogP contribution is -2.22. The lowest BCUT2D eigenvalue weighted by molar-refractivity contribution is -0.117. The first kappa shape index (κ1) is 15.1. The van der Waals surface area contributed by atoms with Crippen LogP contribution >= 0.6 is 0 Å². The van der Waals surface area contributed by atoms with Crippen LogP contribution in [0.3, 0.4) is 0 Å². The van der Waals surface area contributed by atoms with Gasteiger partial charge in [0.1, 0.15) is 5.82 Å². The molecule has 1 unspecified atom stereocenters. The van der Waals surface area contributed by atoms with Crippen LogP contribution in [0.25, 0.3) is 0 Å². The number of amides is 2. The molecule has 19 heavy (non-hydrogen) atoms. The molecule has 1 atom stereocenters. The monoisotopic (exact) mass is 267 g/mol. The average Bonchev–Trinajstić information content (AvgIpc) is 2.37. The zero-order valence-corrected chi connectivity index (χ0v) is 10.8. The van der Waals surface area contributed by atoms with Crippen LogP contribution in [-0.2, 0) is 4.79 Å². The number of nitrogens with two attached hydrogens (primary N) is 2. The van der Waals surface area contributed by atoms with Crippen LogP contribution in [0.2, 0.25) is 0 Å². The lowest BCUT2D eigenvalue weighted by atomic mass is 10.0. The summed E-state index contributed by atoms with van der Waals surface area (Å²) in [7, 11) is 0. The van der Waals surface area contributed by atoms with Gasteiger partial charge in [0.25, 0.3) is 5.91 Å². The van der Waals surface area contributed by atoms with E-state index >= 15 is 0 Å². The maximum atomic E-state index is 13.2. The van der Waals surface area contributed by atoms with Crippen molar-refractivity contribution >= 4 is 17.5 Å². The molecule has 1 rings (SSSR count). The molecule has 2 amide bonds. The molecule has 5 nitrogen and oxygen atoms in total. The highest BCUT2D eigenvalue weighted by atomic mass is 19.1. The Kier molecular flexibility index (Phi) is 5.44. The Balaban J connectivity index is 2.74. The maximum absolute atomic E-state index is 13.2. The van der Waals surface area contributed by atoms with E-state index in [1.807, 2.05) is 6.92 Å². The summed E-state index contributed by atoms with van der Waals surface area (Å²) in [5.74, 6) is -1.70. The zero-order valence-electron chi connectivity index (χ0n) is 10.8. The summed E-state index contributed by atoms with van der Waals surface area (Å²) in [5.41, 5.74) is 10.6. The van der Waals surface area contributed by atoms with Gasteiger partial charge < -0.3 is 16.8 Å². The number of benzene rings is 1. The van der Waals surface area contributed by atoms with E-state index in [0.717, 1.165) is 12.5 Å². The van der Waals surface area contributed by atoms with Crippen LogP contribution in [0.4, 0.5) is 10.1 Å². The Labute approximate surface area is 111 Å². The van der Waals surface area contributed by atoms with Gasteiger partial charge in [-0.15, -0.1) is 0 Å². The number of halogens is 1. The second-order valence-corrected chi connectivity index (χ2v) is 4.32. The molecular weight excluding hydrogens is 249 g/mol. The van der Waals surface area contributed by atoms with Crippen molar-refractivity contribution in [3.05, 3.63) is 29.6 Å². The van der Waals surface area contributed by atoms with Crippen molar-refractivity contribution in [2.24, 2.45) is 17.4 Å². The Morgan fingerprint density at radius 1 is 1.42 bits per heavy atom. The molecule has 0 heterocycles. The van der Waals surface area contributed by atoms with Gasteiger partial charge in [0, 0.05) is 12.1 Å². The van der Waals surface area contributed by atoms with Gasteiger partial charge in [-0.05, 0) is 30.7 Å². The van der Waals surface area contributed by atoms with E-state index in [1.54, 1.807) is 0 Å². The van der Waals surface area contributed by atoms with Gasteiger partial charge in [-0.2, -0.15) is 0 Å². The number of hydrogen-bond acceptors (Lipinski definition) is 3. The summed E-state index contributed by atoms with van der Waals surface area (Å²) in [5, 5.41) is 2.59. The minimum absolute atomic E-state index is 0.107. The normalized spacial score (nSPS) is 11.9. The number of primary amides is 1. The maximum Gasteiger partial charge on any atom is 0.251 e. The number of carbonyl (C=O) groups is 2. The van der Waals surface area contributed by atoms with E-state index < -0.39 is 11.7 Å². The number of carbonyl (C=O) groups excluding carboxylic acids is 2. The molecule has 0 bridgehead atoms. The summed E-state index contributed by atoms with van der Waals surface area (Å²) < 4.78 is 13.2. The first-order valence-electron chi connectivity index (χ1n) is 6.07. The average molecular weight is 267 g/mol. The third-order valence-electron chi connectivity index (χ3n) is 2.90. The molecule has 0 aromatic heterocycles. The molecule has 5 N–H and O–H groups in total. The topological polar surface area (TPSA) is 98.2 Å². The van der Waals surface area contributed by atoms with Crippen LogP contribution in [0.1, 0.15) is 30.1 Å². The lowest BCUT2D eigenvalue weighted by Gasteiger charge is -2.12. The second kappa shape index (κ2) is 6.84. The van der Waals surface area contributed by atoms with Crippen LogP contribution in [0, 0.1) is 11.7 Å². The van der Waals surface area contributed by atoms with E-state index in [4.69, 9.17) is 11.5 Å². The second-order valence-electron chi connectivity index (χ2n) is 4.32. The van der Waals surface area contributed by atoms with Gasteiger partial charge in [0.2, 0.25) is 5.91 Å². The predicted octanol–water partition coefficient (Wildman–Crippen LogP) is 1.24. The first-order chi connectivity index (χ1) is 8.97. The van der Waals surface area contributed by atoms with Crippen molar-refractivity contribution < 1.29 is 14.0 Å². The van der Waals surface area contributed by atoms with Crippen molar-refractivity contribution in [1.82, 2.24) is 0 Å². The Hall–Kier alpha value is -1.95. The molecule has 0 aliphatic rings. The van der Waals surface area contributed by atoms with E-state index in [1.165, 1.54) is 12.1 Å². The zero-order chi connectivity index (χ0) is 14.4. The van der Waals surface area contributed by atoms with Gasteiger partial charge in [-0.3, -0.25) is 9.59 Å². The molecule has 6 heteroatoms. The van der Waals surface area contributed by atoms with Crippen molar-refractivity contribution in [3.8, 4) is 0 Å². The summed E-state index contributed by atoms with van der Waals surface area (Å²) in [6.07, 6.45) is 1.09. The fourth-order valence-electron chi connectivity index (χ4n) is 1.66. The Morgan fingerprint density at radius 2 is 2.11 bits per heavy atom. The molecule has 0 saturated carbocycles. The third-order valence-corrected chi connectivity index (χ3v) is 2.90. The minimum Gasteiger partial charge on any atom is -0.366 e. The molecular formula is C13H18FN3O2. The van der Waals surface area contributed by atoms with Gasteiger partial charge >= 0.3 is 0 Å². The smallest absolute Gasteiger partial charge is 0.251 e. The number of nitrogens with one attached hydrogen (secondary N) is 1. The molecule has 1 aromatic rings. The Morgan fingerprint density at radius 3 is 2.63 bits per heavy atom. The van der Waals surface area contributed by atoms with E-state index in [0.29, 0.717) is 12.2 Å². The summed E-state index contributed by atoms with van der Waals surface area (Å²) >= 11 is 0. The SMILES string of the molecule is CCC(CN)CC(=O)Nc1ccc(F)c(C(N)=O)c1. The Bertz CT molecular complexity index is 473. The van der Waals surface area contributed by atoms with Gasteiger partial charge in [-0.25, -0.2) is 4.39 Å². The molecule has 0 fully saturated rings. The van der Waals surface area contributed by atoms with Crippen molar-refractivity contribution in [1.29, 1.82) is 0 Å². The molecule has 0 aliphatic heterocycles. The summed E-state index contributed by atoms with van der Waals surface area (Å²) in [4.78, 5) is 22.7. The number of rotatable bonds is 6. The van der Waals surface area contributed by atoms with Crippen LogP contribution in [0.5, 0.6) is 0 Å². The molecule has 0 spiro atoms. The van der Waals surface area contributed by atoms with Crippen molar-refractivity contribution in [2.75, 3.05) is 11.9 Å². The fourth-order valence-corrected chi connectivity index (χ4v) is 1.66. The molecule has 0 saturated heterocycles. The molecule has 0 aliphatic carbocycles. The first-order valence-corrected chi connectivity index (χ1v) is 6.07. The highest BCUT2D eigenvalue weighted by molar-refractivity contribution is 5.96. The van der Waals surface area contributed by atoms with Gasteiger partial charge in [-0.1, -0.05) is 13.3 Å². The van der Waals surface area contributed by atoms with Gasteiger partial charge in [0.15, 0.2) is 0 Å². The van der Waals surface area contributed by atoms with Crippen LogP contribution in [0.15, 0.2) is 18.2 Å². The van der Waals surface area contributed by atoms with Gasteiger partial charge in [0.05, 0.1) is 5.56 Å². The van der Waals surface area contributed by atoms with Crippen molar-refractivity contribution in [3.63, 3.8) is 0 Å². The molecule has 1 aromatic carbocycles. The van der Waals surface area contributed by atoms with E-state index in [9.17, 15) is 14.0 Å². The number of anilines is 1. The van der Waals surface area contributed by atoms with E-state index in [2.05, 4.69) is 5.32 Å². The fraction of sp³-hybridized carbons (Fsp3) is 0.385. The van der Waals surface area contributed by atoms with Crippen LogP contribution in [-0.4, -0.2) is 18.4 Å². The largest absolute Gasteiger partial charge is 0.366 e. The predicted molar refractivity (Wildman–Crippen MR) is 71.0 cm³/mol. The quantitative estimate of drug-likeness (QED) is 0.723. The third kappa shape index (κ3) is 4.33. The summed E-state index contributed by atoms with van der Waals surface area (Å²) in [6, 6.07) is 3.69. The van der Waals surface area contributed by atoms with E-state index in [-0.39, 0.29) is 23.8 Å². The molecule has 0 radical (unpaired) electrons. The summed E-state index contributed by atoms with van der Waals surface area (Å²) in [6.45, 7) is 2.38.